The van der Waals surface area contributed by atoms with Gasteiger partial charge < -0.3 is 9.64 Å². The summed E-state index contributed by atoms with van der Waals surface area (Å²) >= 11 is 1.37. The highest BCUT2D eigenvalue weighted by Crippen LogP contribution is 2.29. The molecule has 2 heterocycles. The lowest BCUT2D eigenvalue weighted by Gasteiger charge is -2.25. The van der Waals surface area contributed by atoms with Gasteiger partial charge in [-0.25, -0.2) is 0 Å². The lowest BCUT2D eigenvalue weighted by Crippen LogP contribution is -2.31. The molecule has 0 aliphatic carbocycles. The first-order valence-corrected chi connectivity index (χ1v) is 11.5. The Kier molecular flexibility index (Phi) is 7.04. The molecule has 0 aliphatic heterocycles. The summed E-state index contributed by atoms with van der Waals surface area (Å²) in [5.41, 5.74) is 2.87. The highest BCUT2D eigenvalue weighted by Gasteiger charge is 2.21. The van der Waals surface area contributed by atoms with Gasteiger partial charge in [0.25, 0.3) is 0 Å². The maximum Gasteiger partial charge on any atom is 0.233 e. The zero-order chi connectivity index (χ0) is 23.2. The van der Waals surface area contributed by atoms with Gasteiger partial charge in [0.05, 0.1) is 18.9 Å². The Bertz CT molecular complexity index is 1200. The lowest BCUT2D eigenvalue weighted by atomic mass is 10.1. The average Bonchev–Trinajstić information content (AvgIpc) is 3.31. The number of methoxy groups -OCH3 is 1. The number of nitrogens with zero attached hydrogens (tertiary/aromatic N) is 5. The second kappa shape index (κ2) is 10.3. The van der Waals surface area contributed by atoms with Gasteiger partial charge in [-0.1, -0.05) is 42.1 Å². The third kappa shape index (κ3) is 5.06. The van der Waals surface area contributed by atoms with E-state index in [1.165, 1.54) is 11.8 Å². The van der Waals surface area contributed by atoms with Crippen LogP contribution in [0, 0.1) is 0 Å². The van der Waals surface area contributed by atoms with Crippen molar-refractivity contribution in [3.8, 4) is 22.8 Å². The number of aromatic nitrogens is 4. The van der Waals surface area contributed by atoms with Crippen LogP contribution >= 0.6 is 11.8 Å². The second-order valence-electron chi connectivity index (χ2n) is 7.46. The van der Waals surface area contributed by atoms with E-state index in [-0.39, 0.29) is 17.7 Å². The predicted octanol–water partition coefficient (Wildman–Crippen LogP) is 4.65. The zero-order valence-electron chi connectivity index (χ0n) is 18.8. The molecule has 0 spiro atoms. The molecule has 1 unspecified atom stereocenters. The standard InChI is InChI=1S/C25H25N5O2S/c1-18(19-7-5-4-6-8-19)29(2)23(31)17-33-25-28-27-24(20-13-15-26-16-14-20)30(25)21-9-11-22(32-3)12-10-21/h4-16,18H,17H2,1-3H3. The van der Waals surface area contributed by atoms with Gasteiger partial charge in [-0.05, 0) is 48.9 Å². The monoisotopic (exact) mass is 459 g/mol. The van der Waals surface area contributed by atoms with E-state index in [4.69, 9.17) is 4.74 Å². The van der Waals surface area contributed by atoms with E-state index < -0.39 is 0 Å². The van der Waals surface area contributed by atoms with Gasteiger partial charge in [0.1, 0.15) is 5.75 Å². The summed E-state index contributed by atoms with van der Waals surface area (Å²) in [4.78, 5) is 18.8. The summed E-state index contributed by atoms with van der Waals surface area (Å²) < 4.78 is 7.24. The normalized spacial score (nSPS) is 11.7. The fraction of sp³-hybridized carbons (Fsp3) is 0.200. The molecule has 1 atom stereocenters. The van der Waals surface area contributed by atoms with E-state index in [0.717, 1.165) is 22.6 Å². The Hall–Kier alpha value is -3.65. The Morgan fingerprint density at radius 1 is 1.03 bits per heavy atom. The molecule has 7 nitrogen and oxygen atoms in total. The average molecular weight is 460 g/mol. The van der Waals surface area contributed by atoms with Crippen LogP contribution in [-0.4, -0.2) is 50.5 Å². The summed E-state index contributed by atoms with van der Waals surface area (Å²) in [5, 5.41) is 9.46. The van der Waals surface area contributed by atoms with Gasteiger partial charge in [0.15, 0.2) is 11.0 Å². The second-order valence-corrected chi connectivity index (χ2v) is 8.40. The van der Waals surface area contributed by atoms with Crippen molar-refractivity contribution in [2.75, 3.05) is 19.9 Å². The van der Waals surface area contributed by atoms with Crippen molar-refractivity contribution in [1.82, 2.24) is 24.6 Å². The first kappa shape index (κ1) is 22.5. The number of carbonyl (C=O) groups excluding carboxylic acids is 1. The number of carbonyl (C=O) groups is 1. The third-order valence-corrected chi connectivity index (χ3v) is 6.40. The Morgan fingerprint density at radius 3 is 2.39 bits per heavy atom. The molecule has 0 saturated heterocycles. The fourth-order valence-electron chi connectivity index (χ4n) is 3.41. The minimum absolute atomic E-state index is 0.0195. The van der Waals surface area contributed by atoms with Crippen LogP contribution in [0.1, 0.15) is 18.5 Å². The topological polar surface area (TPSA) is 73.1 Å². The molecule has 168 valence electrons. The molecule has 33 heavy (non-hydrogen) atoms. The molecular formula is C25H25N5O2S. The van der Waals surface area contributed by atoms with Crippen LogP contribution in [-0.2, 0) is 4.79 Å². The van der Waals surface area contributed by atoms with Gasteiger partial charge in [0, 0.05) is 30.7 Å². The third-order valence-electron chi connectivity index (χ3n) is 5.48. The highest BCUT2D eigenvalue weighted by molar-refractivity contribution is 7.99. The first-order valence-electron chi connectivity index (χ1n) is 10.5. The molecule has 4 rings (SSSR count). The number of ether oxygens (including phenoxy) is 1. The Balaban J connectivity index is 1.58. The van der Waals surface area contributed by atoms with E-state index in [1.54, 1.807) is 24.4 Å². The number of amides is 1. The van der Waals surface area contributed by atoms with Crippen molar-refractivity contribution in [1.29, 1.82) is 0 Å². The van der Waals surface area contributed by atoms with Crippen LogP contribution in [0.25, 0.3) is 17.1 Å². The molecule has 4 aromatic rings. The molecule has 8 heteroatoms. The summed E-state index contributed by atoms with van der Waals surface area (Å²) in [6, 6.07) is 21.4. The molecule has 0 aliphatic rings. The SMILES string of the molecule is COc1ccc(-n2c(SCC(=O)N(C)C(C)c3ccccc3)nnc2-c2ccncc2)cc1. The molecule has 2 aromatic heterocycles. The molecule has 0 saturated carbocycles. The van der Waals surface area contributed by atoms with E-state index in [9.17, 15) is 4.79 Å². The molecule has 1 amide bonds. The van der Waals surface area contributed by atoms with Gasteiger partial charge in [-0.2, -0.15) is 0 Å². The van der Waals surface area contributed by atoms with Crippen LogP contribution in [0.3, 0.4) is 0 Å². The fourth-order valence-corrected chi connectivity index (χ4v) is 4.29. The minimum atomic E-state index is -0.0221. The van der Waals surface area contributed by atoms with E-state index in [1.807, 2.05) is 85.3 Å². The minimum Gasteiger partial charge on any atom is -0.497 e. The maximum absolute atomic E-state index is 13.0. The number of hydrogen-bond acceptors (Lipinski definition) is 6. The van der Waals surface area contributed by atoms with Crippen LogP contribution in [0.15, 0.2) is 84.3 Å². The zero-order valence-corrected chi connectivity index (χ0v) is 19.6. The van der Waals surface area contributed by atoms with Crippen molar-refractivity contribution >= 4 is 17.7 Å². The van der Waals surface area contributed by atoms with Crippen molar-refractivity contribution in [3.05, 3.63) is 84.7 Å². The highest BCUT2D eigenvalue weighted by atomic mass is 32.2. The number of hydrogen-bond donors (Lipinski definition) is 0. The number of benzene rings is 2. The Labute approximate surface area is 197 Å². The van der Waals surface area contributed by atoms with E-state index in [0.29, 0.717) is 11.0 Å². The van der Waals surface area contributed by atoms with Crippen LogP contribution < -0.4 is 4.74 Å². The lowest BCUT2D eigenvalue weighted by molar-refractivity contribution is -0.128. The van der Waals surface area contributed by atoms with Crippen LogP contribution in [0.2, 0.25) is 0 Å². The van der Waals surface area contributed by atoms with Gasteiger partial charge in [-0.3, -0.25) is 14.3 Å². The summed E-state index contributed by atoms with van der Waals surface area (Å²) in [6.07, 6.45) is 3.44. The van der Waals surface area contributed by atoms with Gasteiger partial charge in [-0.15, -0.1) is 10.2 Å². The Morgan fingerprint density at radius 2 is 1.73 bits per heavy atom. The summed E-state index contributed by atoms with van der Waals surface area (Å²) in [7, 11) is 3.47. The number of rotatable bonds is 8. The first-order chi connectivity index (χ1) is 16.1. The maximum atomic E-state index is 13.0. The van der Waals surface area contributed by atoms with E-state index in [2.05, 4.69) is 15.2 Å². The molecule has 2 aromatic carbocycles. The predicted molar refractivity (Wildman–Crippen MR) is 129 cm³/mol. The number of thioether (sulfide) groups is 1. The van der Waals surface area contributed by atoms with Gasteiger partial charge in [0.2, 0.25) is 5.91 Å². The van der Waals surface area contributed by atoms with Crippen LogP contribution in [0.4, 0.5) is 0 Å². The van der Waals surface area contributed by atoms with Crippen molar-refractivity contribution in [2.45, 2.75) is 18.1 Å². The molecular weight excluding hydrogens is 434 g/mol. The van der Waals surface area contributed by atoms with Crippen molar-refractivity contribution in [3.63, 3.8) is 0 Å². The summed E-state index contributed by atoms with van der Waals surface area (Å²) in [6.45, 7) is 2.03. The van der Waals surface area contributed by atoms with Gasteiger partial charge >= 0.3 is 0 Å². The molecule has 0 fully saturated rings. The van der Waals surface area contributed by atoms with Crippen molar-refractivity contribution < 1.29 is 9.53 Å². The molecule has 0 bridgehead atoms. The quantitative estimate of drug-likeness (QED) is 0.357. The smallest absolute Gasteiger partial charge is 0.233 e. The molecule has 0 radical (unpaired) electrons. The van der Waals surface area contributed by atoms with Crippen LogP contribution in [0.5, 0.6) is 5.75 Å². The van der Waals surface area contributed by atoms with Crippen molar-refractivity contribution in [2.24, 2.45) is 0 Å². The molecule has 0 N–H and O–H groups in total. The van der Waals surface area contributed by atoms with E-state index >= 15 is 0 Å². The largest absolute Gasteiger partial charge is 0.497 e. The number of pyridine rings is 1. The summed E-state index contributed by atoms with van der Waals surface area (Å²) in [5.74, 6) is 1.71.